The Hall–Kier alpha value is -1.79. The lowest BCUT2D eigenvalue weighted by molar-refractivity contribution is 0.675. The first-order chi connectivity index (χ1) is 8.47. The molecule has 2 aromatic rings. The number of benzene rings is 1. The summed E-state index contributed by atoms with van der Waals surface area (Å²) in [5.74, 6) is 0.323. The molecule has 0 fully saturated rings. The zero-order valence-electron chi connectivity index (χ0n) is 9.41. The molecule has 0 spiro atoms. The van der Waals surface area contributed by atoms with Crippen molar-refractivity contribution >= 4 is 40.7 Å². The van der Waals surface area contributed by atoms with E-state index in [0.717, 1.165) is 0 Å². The maximum absolute atomic E-state index is 7.53. The number of nitrogens with zero attached hydrogens (tertiary/aromatic N) is 3. The molecule has 94 valence electrons. The van der Waals surface area contributed by atoms with Gasteiger partial charge in [-0.1, -0.05) is 23.2 Å². The highest BCUT2D eigenvalue weighted by atomic mass is 35.5. The third-order valence-corrected chi connectivity index (χ3v) is 2.78. The molecule has 18 heavy (non-hydrogen) atoms. The second kappa shape index (κ2) is 4.83. The van der Waals surface area contributed by atoms with Crippen molar-refractivity contribution in [1.29, 1.82) is 5.41 Å². The second-order valence-electron chi connectivity index (χ2n) is 3.54. The van der Waals surface area contributed by atoms with E-state index in [1.807, 2.05) is 0 Å². The van der Waals surface area contributed by atoms with Gasteiger partial charge in [0.15, 0.2) is 11.3 Å². The van der Waals surface area contributed by atoms with Crippen LogP contribution in [0.5, 0.6) is 0 Å². The predicted molar refractivity (Wildman–Crippen MR) is 71.0 cm³/mol. The monoisotopic (exact) mass is 284 g/mol. The van der Waals surface area contributed by atoms with Gasteiger partial charge in [-0.25, -0.2) is 4.68 Å². The van der Waals surface area contributed by atoms with Crippen LogP contribution in [0.2, 0.25) is 10.0 Å². The summed E-state index contributed by atoms with van der Waals surface area (Å²) in [5, 5.41) is 15.5. The maximum atomic E-state index is 7.53. The van der Waals surface area contributed by atoms with Gasteiger partial charge >= 0.3 is 0 Å². The van der Waals surface area contributed by atoms with Crippen LogP contribution in [0, 0.1) is 5.41 Å². The average Bonchev–Trinajstić information content (AvgIpc) is 2.31. The number of aromatic nitrogens is 3. The van der Waals surface area contributed by atoms with Crippen LogP contribution in [-0.4, -0.2) is 14.8 Å². The molecule has 0 radical (unpaired) electrons. The van der Waals surface area contributed by atoms with E-state index in [1.165, 1.54) is 4.68 Å². The average molecular weight is 285 g/mol. The molecule has 0 aliphatic rings. The van der Waals surface area contributed by atoms with Crippen LogP contribution in [0.25, 0.3) is 0 Å². The van der Waals surface area contributed by atoms with Gasteiger partial charge < -0.3 is 11.1 Å². The van der Waals surface area contributed by atoms with Gasteiger partial charge in [-0.15, -0.1) is 5.10 Å². The lowest BCUT2D eigenvalue weighted by Crippen LogP contribution is -2.25. The maximum Gasteiger partial charge on any atom is 0.247 e. The first-order valence-corrected chi connectivity index (χ1v) is 5.70. The van der Waals surface area contributed by atoms with Gasteiger partial charge in [-0.2, -0.15) is 4.98 Å². The Morgan fingerprint density at radius 2 is 2.11 bits per heavy atom. The molecule has 0 unspecified atom stereocenters. The number of anilines is 3. The molecule has 0 bridgehead atoms. The number of nitrogens with one attached hydrogen (secondary N) is 2. The van der Waals surface area contributed by atoms with Crippen molar-refractivity contribution in [3.8, 4) is 0 Å². The van der Waals surface area contributed by atoms with E-state index in [-0.39, 0.29) is 17.3 Å². The van der Waals surface area contributed by atoms with Crippen LogP contribution in [0.4, 0.5) is 17.5 Å². The summed E-state index contributed by atoms with van der Waals surface area (Å²) in [5.41, 5.74) is 6.19. The summed E-state index contributed by atoms with van der Waals surface area (Å²) in [6, 6.07) is 4.99. The van der Waals surface area contributed by atoms with Crippen molar-refractivity contribution in [1.82, 2.24) is 14.8 Å². The Balaban J connectivity index is 2.40. The van der Waals surface area contributed by atoms with Gasteiger partial charge in [0.1, 0.15) is 0 Å². The van der Waals surface area contributed by atoms with Gasteiger partial charge in [-0.3, -0.25) is 5.41 Å². The number of rotatable bonds is 2. The fraction of sp³-hybridized carbons (Fsp3) is 0.100. The number of hydrogen-bond donors (Lipinski definition) is 3. The van der Waals surface area contributed by atoms with E-state index in [2.05, 4.69) is 15.4 Å². The van der Waals surface area contributed by atoms with Crippen molar-refractivity contribution in [2.24, 2.45) is 7.05 Å². The molecule has 0 saturated carbocycles. The first-order valence-electron chi connectivity index (χ1n) is 4.95. The number of nitrogen functional groups attached to an aromatic ring is 1. The van der Waals surface area contributed by atoms with Crippen molar-refractivity contribution in [3.05, 3.63) is 33.7 Å². The van der Waals surface area contributed by atoms with Crippen LogP contribution >= 0.6 is 23.2 Å². The lowest BCUT2D eigenvalue weighted by Gasteiger charge is -2.09. The largest absolute Gasteiger partial charge is 0.380 e. The molecule has 0 aliphatic heterocycles. The molecule has 1 aromatic heterocycles. The van der Waals surface area contributed by atoms with Crippen molar-refractivity contribution in [2.75, 3.05) is 11.1 Å². The van der Waals surface area contributed by atoms with Gasteiger partial charge in [0.2, 0.25) is 5.95 Å². The summed E-state index contributed by atoms with van der Waals surface area (Å²) < 4.78 is 1.31. The van der Waals surface area contributed by atoms with Crippen LogP contribution in [0.3, 0.4) is 0 Å². The molecule has 0 saturated heterocycles. The summed E-state index contributed by atoms with van der Waals surface area (Å²) in [7, 11) is 1.60. The third kappa shape index (κ3) is 2.55. The molecule has 1 aromatic carbocycles. The molecule has 8 heteroatoms. The third-order valence-electron chi connectivity index (χ3n) is 2.21. The first kappa shape index (κ1) is 12.7. The lowest BCUT2D eigenvalue weighted by atomic mass is 10.3. The Bertz CT molecular complexity index is 625. The molecular formula is C10H10Cl2N6. The van der Waals surface area contributed by atoms with Crippen LogP contribution in [-0.2, 0) is 7.05 Å². The SMILES string of the molecule is Cn1nc(Nc2cc(Cl)ccc2Cl)nc(N)c1=N. The zero-order valence-corrected chi connectivity index (χ0v) is 10.9. The van der Waals surface area contributed by atoms with E-state index in [4.69, 9.17) is 34.3 Å². The topological polar surface area (TPSA) is 92.6 Å². The molecule has 2 rings (SSSR count). The summed E-state index contributed by atoms with van der Waals surface area (Å²) >= 11 is 11.9. The minimum absolute atomic E-state index is 0.0396. The van der Waals surface area contributed by atoms with Gasteiger partial charge in [0.05, 0.1) is 10.7 Å². The predicted octanol–water partition coefficient (Wildman–Crippen LogP) is 1.93. The molecule has 0 aliphatic carbocycles. The fourth-order valence-corrected chi connectivity index (χ4v) is 1.65. The van der Waals surface area contributed by atoms with Gasteiger partial charge in [0.25, 0.3) is 0 Å². The number of halogens is 2. The smallest absolute Gasteiger partial charge is 0.247 e. The molecular weight excluding hydrogens is 275 g/mol. The van der Waals surface area contributed by atoms with Crippen LogP contribution < -0.4 is 16.5 Å². The Labute approximate surface area is 113 Å². The molecule has 6 nitrogen and oxygen atoms in total. The van der Waals surface area contributed by atoms with Crippen molar-refractivity contribution in [2.45, 2.75) is 0 Å². The highest BCUT2D eigenvalue weighted by Crippen LogP contribution is 2.27. The highest BCUT2D eigenvalue weighted by Gasteiger charge is 2.06. The summed E-state index contributed by atoms with van der Waals surface area (Å²) in [6.45, 7) is 0. The van der Waals surface area contributed by atoms with E-state index in [9.17, 15) is 0 Å². The van der Waals surface area contributed by atoms with Crippen molar-refractivity contribution in [3.63, 3.8) is 0 Å². The van der Waals surface area contributed by atoms with E-state index < -0.39 is 0 Å². The zero-order chi connectivity index (χ0) is 13.3. The number of hydrogen-bond acceptors (Lipinski definition) is 5. The molecule has 0 atom stereocenters. The van der Waals surface area contributed by atoms with Crippen molar-refractivity contribution < 1.29 is 0 Å². The minimum atomic E-state index is 0.0396. The van der Waals surface area contributed by atoms with Crippen LogP contribution in [0.1, 0.15) is 0 Å². The molecule has 4 N–H and O–H groups in total. The van der Waals surface area contributed by atoms with Gasteiger partial charge in [-0.05, 0) is 18.2 Å². The normalized spacial score (nSPS) is 10.4. The standard InChI is InChI=1S/C10H10Cl2N6/c1-18-9(14)8(13)16-10(17-18)15-7-4-5(11)2-3-6(7)12/h2-4,14H,1H3,(H3,13,15,16,17). The Kier molecular flexibility index (Phi) is 3.40. The van der Waals surface area contributed by atoms with E-state index >= 15 is 0 Å². The molecule has 1 heterocycles. The van der Waals surface area contributed by atoms with E-state index in [0.29, 0.717) is 15.7 Å². The number of aryl methyl sites for hydroxylation is 1. The summed E-state index contributed by atoms with van der Waals surface area (Å²) in [6.07, 6.45) is 0. The van der Waals surface area contributed by atoms with E-state index in [1.54, 1.807) is 25.2 Å². The highest BCUT2D eigenvalue weighted by molar-refractivity contribution is 6.35. The second-order valence-corrected chi connectivity index (χ2v) is 4.39. The van der Waals surface area contributed by atoms with Gasteiger partial charge in [0, 0.05) is 12.1 Å². The molecule has 0 amide bonds. The van der Waals surface area contributed by atoms with Crippen LogP contribution in [0.15, 0.2) is 18.2 Å². The Morgan fingerprint density at radius 1 is 1.39 bits per heavy atom. The number of nitrogens with two attached hydrogens (primary N) is 1. The Morgan fingerprint density at radius 3 is 2.78 bits per heavy atom. The summed E-state index contributed by atoms with van der Waals surface area (Å²) in [4.78, 5) is 3.95. The minimum Gasteiger partial charge on any atom is -0.380 e. The fourth-order valence-electron chi connectivity index (χ4n) is 1.31. The quantitative estimate of drug-likeness (QED) is 0.786.